The number of nitrogens with zero attached hydrogens (tertiary/aromatic N) is 3. The Balaban J connectivity index is 1.25. The van der Waals surface area contributed by atoms with Crippen molar-refractivity contribution in [3.8, 4) is 0 Å². The van der Waals surface area contributed by atoms with Crippen LogP contribution in [0.5, 0.6) is 0 Å². The molecule has 0 unspecified atom stereocenters. The minimum Gasteiger partial charge on any atom is -0.361 e. The second-order valence-corrected chi connectivity index (χ2v) is 6.99. The van der Waals surface area contributed by atoms with Gasteiger partial charge in [0.05, 0.1) is 12.7 Å². The molecule has 29 heavy (non-hydrogen) atoms. The van der Waals surface area contributed by atoms with Gasteiger partial charge in [0.25, 0.3) is 0 Å². The van der Waals surface area contributed by atoms with Crippen molar-refractivity contribution in [3.63, 3.8) is 0 Å². The van der Waals surface area contributed by atoms with Crippen LogP contribution < -0.4 is 10.6 Å². The number of hydrogen-bond acceptors (Lipinski definition) is 2. The van der Waals surface area contributed by atoms with Crippen molar-refractivity contribution in [3.05, 3.63) is 89.9 Å². The Morgan fingerprint density at radius 2 is 1.86 bits per heavy atom. The Morgan fingerprint density at radius 3 is 2.72 bits per heavy atom. The van der Waals surface area contributed by atoms with Crippen molar-refractivity contribution in [1.29, 1.82) is 0 Å². The SMILES string of the molecule is CN=C(NCCc1c[nH]c2ccccc12)NCc1cnn(Cc2ccccc2)c1. The number of benzene rings is 2. The molecule has 0 aliphatic carbocycles. The van der Waals surface area contributed by atoms with E-state index in [4.69, 9.17) is 0 Å². The van der Waals surface area contributed by atoms with Gasteiger partial charge in [-0.05, 0) is 23.6 Å². The maximum Gasteiger partial charge on any atom is 0.191 e. The number of H-pyrrole nitrogens is 1. The Bertz CT molecular complexity index is 1080. The van der Waals surface area contributed by atoms with Gasteiger partial charge >= 0.3 is 0 Å². The van der Waals surface area contributed by atoms with Crippen LogP contribution in [-0.4, -0.2) is 34.3 Å². The summed E-state index contributed by atoms with van der Waals surface area (Å²) in [5.41, 5.74) is 4.86. The molecule has 2 aromatic carbocycles. The van der Waals surface area contributed by atoms with Crippen molar-refractivity contribution in [2.75, 3.05) is 13.6 Å². The molecule has 0 bridgehead atoms. The van der Waals surface area contributed by atoms with Gasteiger partial charge in [-0.2, -0.15) is 5.10 Å². The molecule has 3 N–H and O–H groups in total. The number of aromatic nitrogens is 3. The van der Waals surface area contributed by atoms with Crippen molar-refractivity contribution in [2.45, 2.75) is 19.5 Å². The molecule has 0 amide bonds. The number of rotatable bonds is 7. The van der Waals surface area contributed by atoms with E-state index in [1.165, 1.54) is 22.0 Å². The van der Waals surface area contributed by atoms with Crippen LogP contribution in [-0.2, 0) is 19.5 Å². The molecular formula is C23H26N6. The number of aromatic amines is 1. The standard InChI is InChI=1S/C23H26N6/c1-24-23(25-12-11-20-15-26-22-10-6-5-9-21(20)22)27-13-19-14-28-29(17-19)16-18-7-3-2-4-8-18/h2-10,14-15,17,26H,11-13,16H2,1H3,(H2,24,25,27). The Labute approximate surface area is 170 Å². The largest absolute Gasteiger partial charge is 0.361 e. The number of para-hydroxylation sites is 1. The van der Waals surface area contributed by atoms with E-state index < -0.39 is 0 Å². The van der Waals surface area contributed by atoms with E-state index in [9.17, 15) is 0 Å². The summed E-state index contributed by atoms with van der Waals surface area (Å²) in [6.45, 7) is 2.27. The number of guanidine groups is 1. The molecule has 0 saturated carbocycles. The first kappa shape index (κ1) is 18.8. The minimum atomic E-state index is 0.682. The molecule has 0 aliphatic heterocycles. The third kappa shape index (κ3) is 4.85. The van der Waals surface area contributed by atoms with Crippen LogP contribution in [0.25, 0.3) is 10.9 Å². The van der Waals surface area contributed by atoms with Crippen LogP contribution in [0.4, 0.5) is 0 Å². The second kappa shape index (κ2) is 9.10. The van der Waals surface area contributed by atoms with Gasteiger partial charge in [0.1, 0.15) is 0 Å². The van der Waals surface area contributed by atoms with Crippen molar-refractivity contribution in [2.24, 2.45) is 4.99 Å². The van der Waals surface area contributed by atoms with Gasteiger partial charge in [0.2, 0.25) is 0 Å². The molecule has 4 aromatic rings. The first-order valence-electron chi connectivity index (χ1n) is 9.86. The summed E-state index contributed by atoms with van der Waals surface area (Å²) in [5.74, 6) is 0.792. The molecule has 4 rings (SSSR count). The highest BCUT2D eigenvalue weighted by Gasteiger charge is 2.05. The van der Waals surface area contributed by atoms with Gasteiger partial charge < -0.3 is 15.6 Å². The maximum atomic E-state index is 4.45. The third-order valence-corrected chi connectivity index (χ3v) is 4.92. The third-order valence-electron chi connectivity index (χ3n) is 4.92. The maximum absolute atomic E-state index is 4.45. The lowest BCUT2D eigenvalue weighted by atomic mass is 10.1. The second-order valence-electron chi connectivity index (χ2n) is 6.99. The van der Waals surface area contributed by atoms with E-state index in [-0.39, 0.29) is 0 Å². The molecule has 0 atom stereocenters. The average Bonchev–Trinajstić information content (AvgIpc) is 3.38. The van der Waals surface area contributed by atoms with Crippen LogP contribution >= 0.6 is 0 Å². The molecule has 2 aromatic heterocycles. The van der Waals surface area contributed by atoms with Gasteiger partial charge in [-0.1, -0.05) is 48.5 Å². The van der Waals surface area contributed by atoms with Crippen molar-refractivity contribution < 1.29 is 0 Å². The molecule has 6 heteroatoms. The highest BCUT2D eigenvalue weighted by molar-refractivity contribution is 5.83. The smallest absolute Gasteiger partial charge is 0.191 e. The van der Waals surface area contributed by atoms with E-state index in [2.05, 4.69) is 74.5 Å². The van der Waals surface area contributed by atoms with E-state index in [0.717, 1.165) is 31.0 Å². The van der Waals surface area contributed by atoms with Crippen LogP contribution in [0, 0.1) is 0 Å². The lowest BCUT2D eigenvalue weighted by Crippen LogP contribution is -2.37. The zero-order valence-corrected chi connectivity index (χ0v) is 16.6. The first-order valence-corrected chi connectivity index (χ1v) is 9.86. The Morgan fingerprint density at radius 1 is 1.03 bits per heavy atom. The lowest BCUT2D eigenvalue weighted by Gasteiger charge is -2.11. The fourth-order valence-corrected chi connectivity index (χ4v) is 3.42. The summed E-state index contributed by atoms with van der Waals surface area (Å²) in [4.78, 5) is 7.64. The zero-order chi connectivity index (χ0) is 19.9. The highest BCUT2D eigenvalue weighted by Crippen LogP contribution is 2.17. The molecule has 2 heterocycles. The Hall–Kier alpha value is -3.54. The fraction of sp³-hybridized carbons (Fsp3) is 0.217. The summed E-state index contributed by atoms with van der Waals surface area (Å²) < 4.78 is 1.96. The molecule has 0 saturated heterocycles. The van der Waals surface area contributed by atoms with Crippen molar-refractivity contribution >= 4 is 16.9 Å². The molecule has 0 radical (unpaired) electrons. The minimum absolute atomic E-state index is 0.682. The lowest BCUT2D eigenvalue weighted by molar-refractivity contribution is 0.685. The van der Waals surface area contributed by atoms with Crippen molar-refractivity contribution in [1.82, 2.24) is 25.4 Å². The number of nitrogens with one attached hydrogen (secondary N) is 3. The molecule has 148 valence electrons. The highest BCUT2D eigenvalue weighted by atomic mass is 15.3. The van der Waals surface area contributed by atoms with E-state index in [1.54, 1.807) is 7.05 Å². The summed E-state index contributed by atoms with van der Waals surface area (Å²) in [6.07, 6.45) is 6.98. The van der Waals surface area contributed by atoms with E-state index in [1.807, 2.05) is 29.1 Å². The molecule has 6 nitrogen and oxygen atoms in total. The van der Waals surface area contributed by atoms with Gasteiger partial charge in [0, 0.05) is 49.0 Å². The normalized spacial score (nSPS) is 11.7. The molecule has 0 spiro atoms. The summed E-state index contributed by atoms with van der Waals surface area (Å²) >= 11 is 0. The van der Waals surface area contributed by atoms with E-state index >= 15 is 0 Å². The fourth-order valence-electron chi connectivity index (χ4n) is 3.42. The summed E-state index contributed by atoms with van der Waals surface area (Å²) in [6, 6.07) is 18.7. The van der Waals surface area contributed by atoms with E-state index in [0.29, 0.717) is 6.54 Å². The number of aliphatic imine (C=N–C) groups is 1. The predicted octanol–water partition coefficient (Wildman–Crippen LogP) is 3.32. The average molecular weight is 387 g/mol. The number of hydrogen-bond donors (Lipinski definition) is 3. The van der Waals surface area contributed by atoms with Crippen LogP contribution in [0.1, 0.15) is 16.7 Å². The van der Waals surface area contributed by atoms with Gasteiger partial charge in [-0.3, -0.25) is 9.67 Å². The molecule has 0 aliphatic rings. The Kier molecular flexibility index (Phi) is 5.90. The van der Waals surface area contributed by atoms with Gasteiger partial charge in [-0.15, -0.1) is 0 Å². The van der Waals surface area contributed by atoms with Crippen LogP contribution in [0.2, 0.25) is 0 Å². The molecule has 0 fully saturated rings. The number of fused-ring (bicyclic) bond motifs is 1. The predicted molar refractivity (Wildman–Crippen MR) is 118 cm³/mol. The van der Waals surface area contributed by atoms with Crippen LogP contribution in [0.3, 0.4) is 0 Å². The summed E-state index contributed by atoms with van der Waals surface area (Å²) in [7, 11) is 1.79. The summed E-state index contributed by atoms with van der Waals surface area (Å²) in [5, 5.41) is 12.5. The quantitative estimate of drug-likeness (QED) is 0.337. The topological polar surface area (TPSA) is 70.0 Å². The molecular weight excluding hydrogens is 360 g/mol. The zero-order valence-electron chi connectivity index (χ0n) is 16.6. The monoisotopic (exact) mass is 386 g/mol. The van der Waals surface area contributed by atoms with Gasteiger partial charge in [-0.25, -0.2) is 0 Å². The first-order chi connectivity index (χ1) is 14.3. The van der Waals surface area contributed by atoms with Crippen LogP contribution in [0.15, 0.2) is 78.2 Å². The van der Waals surface area contributed by atoms with Gasteiger partial charge in [0.15, 0.2) is 5.96 Å².